The molecule has 7 aromatic carbocycles. The fourth-order valence-corrected chi connectivity index (χ4v) is 9.65. The molecule has 0 saturated carbocycles. The summed E-state index contributed by atoms with van der Waals surface area (Å²) in [6.45, 7) is 3.88. The van der Waals surface area contributed by atoms with Crippen LogP contribution in [-0.4, -0.2) is 26.0 Å². The van der Waals surface area contributed by atoms with E-state index in [2.05, 4.69) is 72.8 Å². The summed E-state index contributed by atoms with van der Waals surface area (Å²) < 4.78 is 305. The van der Waals surface area contributed by atoms with Crippen molar-refractivity contribution in [3.63, 3.8) is 0 Å². The lowest BCUT2D eigenvalue weighted by molar-refractivity contribution is 0.109. The number of rotatable bonds is 12. The molecule has 0 amide bonds. The average Bonchev–Trinajstić information content (AvgIpc) is 3.36. The molecule has 0 aromatic heterocycles. The third-order valence-corrected chi connectivity index (χ3v) is 12.7. The second-order valence-corrected chi connectivity index (χ2v) is 16.2. The molecule has 0 radical (unpaired) electrons. The maximum Gasteiger partial charge on any atom is 0.208 e. The van der Waals surface area contributed by atoms with Crippen LogP contribution < -0.4 is 26.6 Å². The minimum absolute atomic E-state index is 0.199. The third-order valence-electron chi connectivity index (χ3n) is 10.4. The van der Waals surface area contributed by atoms with Crippen molar-refractivity contribution in [3.8, 4) is 5.75 Å². The van der Waals surface area contributed by atoms with E-state index in [1.807, 2.05) is 19.1 Å². The number of ether oxygens (including phenoxy) is 2. The van der Waals surface area contributed by atoms with E-state index >= 15 is 35.1 Å². The lowest BCUT2D eigenvalue weighted by Gasteiger charge is -2.44. The minimum Gasteiger partial charge on any atom is -0.486 e. The molecule has 0 atom stereocenters. The Hall–Kier alpha value is -6.69. The fourth-order valence-electron chi connectivity index (χ4n) is 7.47. The van der Waals surface area contributed by atoms with Crippen LogP contribution in [0.5, 0.6) is 5.75 Å². The standard InChI is InChI=1S/C24BF20.C22H23O2S/c26-5-1(6(27)14(35)21(42)13(5)34)25(2-7(28)15(36)22(43)16(37)8(2)29,3-9(30)17(38)23(44)18(39)10(3)31)4-11(32)19(40)24(45)20(41)12(4)33;1-2-23-17-18-24-21-15-9-10-16-22(21)25(19-11-5-3-6-12-19)20-13-7-4-8-14-20/h;3-16H,2,17-18H2,1H3/q-1;+1. The van der Waals surface area contributed by atoms with Gasteiger partial charge in [0.1, 0.15) is 70.2 Å². The van der Waals surface area contributed by atoms with Crippen molar-refractivity contribution in [3.05, 3.63) is 201 Å². The maximum absolute atomic E-state index is 15.4. The van der Waals surface area contributed by atoms with Crippen LogP contribution in [0.15, 0.2) is 99.6 Å². The highest BCUT2D eigenvalue weighted by molar-refractivity contribution is 7.97. The number of benzene rings is 7. The molecule has 0 spiro atoms. The summed E-state index contributed by atoms with van der Waals surface area (Å²) in [4.78, 5) is 3.78. The Balaban J connectivity index is 0.000000270. The molecule has 7 aromatic rings. The van der Waals surface area contributed by atoms with E-state index in [0.717, 1.165) is 5.75 Å². The summed E-state index contributed by atoms with van der Waals surface area (Å²) in [7, 11) is -0.199. The largest absolute Gasteiger partial charge is 0.486 e. The molecular weight excluding hydrogens is 1010 g/mol. The Morgan fingerprint density at radius 2 is 0.586 bits per heavy atom. The van der Waals surface area contributed by atoms with Gasteiger partial charge in [-0.25, -0.2) is 87.8 Å². The smallest absolute Gasteiger partial charge is 0.208 e. The van der Waals surface area contributed by atoms with Crippen molar-refractivity contribution >= 4 is 38.9 Å². The molecule has 2 nitrogen and oxygen atoms in total. The van der Waals surface area contributed by atoms with Gasteiger partial charge < -0.3 is 9.47 Å². The summed E-state index contributed by atoms with van der Waals surface area (Å²) >= 11 is 0. The molecule has 0 fully saturated rings. The molecule has 368 valence electrons. The molecule has 70 heavy (non-hydrogen) atoms. The van der Waals surface area contributed by atoms with Gasteiger partial charge in [-0.15, -0.1) is 21.9 Å². The first-order valence-corrected chi connectivity index (χ1v) is 20.7. The minimum atomic E-state index is -7.22. The van der Waals surface area contributed by atoms with Gasteiger partial charge in [0.25, 0.3) is 0 Å². The SMILES string of the molecule is CCOCCOc1ccccc1[S+](c1ccccc1)c1ccccc1.Fc1c(F)c(F)c([B-](c2c(F)c(F)c(F)c(F)c2F)(c2c(F)c(F)c(F)c(F)c2F)c2c(F)c(F)c(F)c(F)c2F)c(F)c1F. The van der Waals surface area contributed by atoms with Crippen molar-refractivity contribution in [2.75, 3.05) is 19.8 Å². The third kappa shape index (κ3) is 8.90. The summed E-state index contributed by atoms with van der Waals surface area (Å²) in [6, 6.07) is 29.6. The zero-order valence-corrected chi connectivity index (χ0v) is 35.4. The van der Waals surface area contributed by atoms with Crippen LogP contribution in [0, 0.1) is 116 Å². The number of hydrogen-bond donors (Lipinski definition) is 0. The van der Waals surface area contributed by atoms with Crippen LogP contribution in [0.4, 0.5) is 87.8 Å². The van der Waals surface area contributed by atoms with Gasteiger partial charge in [0.05, 0.1) is 6.61 Å². The van der Waals surface area contributed by atoms with Crippen molar-refractivity contribution in [2.24, 2.45) is 0 Å². The molecule has 0 heterocycles. The first-order chi connectivity index (χ1) is 33.1. The number of halogens is 20. The molecule has 0 unspecified atom stereocenters. The normalized spacial score (nSPS) is 11.6. The zero-order chi connectivity index (χ0) is 51.7. The lowest BCUT2D eigenvalue weighted by atomic mass is 9.12. The average molecular weight is 1030 g/mol. The van der Waals surface area contributed by atoms with Crippen molar-refractivity contribution in [1.29, 1.82) is 0 Å². The fraction of sp³-hybridized carbons (Fsp3) is 0.0870. The van der Waals surface area contributed by atoms with Gasteiger partial charge in [0.2, 0.25) is 4.90 Å². The predicted octanol–water partition coefficient (Wildman–Crippen LogP) is 11.0. The molecule has 0 aliphatic heterocycles. The summed E-state index contributed by atoms with van der Waals surface area (Å²) in [5.41, 5.74) is -14.3. The quantitative estimate of drug-likeness (QED) is 0.0303. The van der Waals surface area contributed by atoms with E-state index in [1.54, 1.807) is 0 Å². The van der Waals surface area contributed by atoms with Gasteiger partial charge in [-0.1, -0.05) is 48.5 Å². The highest BCUT2D eigenvalue weighted by atomic mass is 32.2. The van der Waals surface area contributed by atoms with Gasteiger partial charge in [-0.05, 0) is 43.3 Å². The molecule has 0 aliphatic rings. The highest BCUT2D eigenvalue weighted by Crippen LogP contribution is 2.37. The second-order valence-electron chi connectivity index (χ2n) is 14.2. The Bertz CT molecular complexity index is 2690. The van der Waals surface area contributed by atoms with Crippen LogP contribution in [0.1, 0.15) is 6.92 Å². The van der Waals surface area contributed by atoms with Crippen molar-refractivity contribution < 1.29 is 97.3 Å². The highest BCUT2D eigenvalue weighted by Gasteiger charge is 2.52. The topological polar surface area (TPSA) is 18.5 Å². The molecule has 0 aliphatic carbocycles. The number of para-hydroxylation sites is 1. The summed E-state index contributed by atoms with van der Waals surface area (Å²) in [5, 5.41) is 0. The van der Waals surface area contributed by atoms with Crippen molar-refractivity contribution in [1.82, 2.24) is 0 Å². The van der Waals surface area contributed by atoms with Gasteiger partial charge in [-0.2, -0.15) is 0 Å². The first kappa shape index (κ1) is 52.7. The van der Waals surface area contributed by atoms with Gasteiger partial charge in [0, 0.05) is 6.61 Å². The molecular formula is C46H23BF20O2S. The zero-order valence-electron chi connectivity index (χ0n) is 34.6. The second kappa shape index (κ2) is 21.1. The Kier molecular flexibility index (Phi) is 15.9. The van der Waals surface area contributed by atoms with Crippen molar-refractivity contribution in [2.45, 2.75) is 21.6 Å². The molecule has 0 saturated heterocycles. The van der Waals surface area contributed by atoms with Crippen LogP contribution in [-0.2, 0) is 15.6 Å². The maximum atomic E-state index is 15.4. The summed E-state index contributed by atoms with van der Waals surface area (Å²) in [5.74, 6) is -70.5. The summed E-state index contributed by atoms with van der Waals surface area (Å²) in [6.07, 6.45) is -7.22. The van der Waals surface area contributed by atoms with Crippen LogP contribution in [0.25, 0.3) is 0 Å². The van der Waals surface area contributed by atoms with E-state index in [0.29, 0.717) is 19.8 Å². The van der Waals surface area contributed by atoms with E-state index in [-0.39, 0.29) is 10.9 Å². The van der Waals surface area contributed by atoms with Crippen LogP contribution in [0.3, 0.4) is 0 Å². The van der Waals surface area contributed by atoms with E-state index in [9.17, 15) is 52.7 Å². The van der Waals surface area contributed by atoms with Gasteiger partial charge in [-0.3, -0.25) is 0 Å². The first-order valence-electron chi connectivity index (χ1n) is 19.5. The molecule has 0 N–H and O–H groups in total. The van der Waals surface area contributed by atoms with Crippen LogP contribution in [0.2, 0.25) is 0 Å². The van der Waals surface area contributed by atoms with Gasteiger partial charge >= 0.3 is 0 Å². The van der Waals surface area contributed by atoms with E-state index in [4.69, 9.17) is 9.47 Å². The monoisotopic (exact) mass is 1030 g/mol. The molecule has 7 rings (SSSR count). The predicted molar refractivity (Wildman–Crippen MR) is 213 cm³/mol. The van der Waals surface area contributed by atoms with E-state index < -0.39 is 144 Å². The molecule has 24 heteroatoms. The Morgan fingerprint density at radius 3 is 0.871 bits per heavy atom. The van der Waals surface area contributed by atoms with E-state index in [1.165, 1.54) is 14.7 Å². The van der Waals surface area contributed by atoms with Crippen LogP contribution >= 0.6 is 0 Å². The Labute approximate surface area is 384 Å². The van der Waals surface area contributed by atoms with Gasteiger partial charge in [0.15, 0.2) is 85.3 Å². The lowest BCUT2D eigenvalue weighted by Crippen LogP contribution is -2.81. The number of hydrogen-bond acceptors (Lipinski definition) is 2. The Morgan fingerprint density at radius 1 is 0.329 bits per heavy atom. The molecule has 0 bridgehead atoms.